The van der Waals surface area contributed by atoms with Crippen LogP contribution in [-0.4, -0.2) is 35.9 Å². The van der Waals surface area contributed by atoms with E-state index in [1.165, 1.54) is 0 Å². The predicted octanol–water partition coefficient (Wildman–Crippen LogP) is 3.46. The molecule has 0 radical (unpaired) electrons. The molecule has 0 aliphatic rings. The first-order valence-corrected chi connectivity index (χ1v) is 9.71. The van der Waals surface area contributed by atoms with E-state index in [1.807, 2.05) is 19.9 Å². The Kier molecular flexibility index (Phi) is 6.33. The van der Waals surface area contributed by atoms with E-state index in [0.717, 1.165) is 26.6 Å². The molecular weight excluding hydrogens is 438 g/mol. The van der Waals surface area contributed by atoms with E-state index >= 15 is 0 Å². The van der Waals surface area contributed by atoms with Crippen molar-refractivity contribution in [2.24, 2.45) is 0 Å². The van der Waals surface area contributed by atoms with Crippen molar-refractivity contribution in [1.29, 1.82) is 0 Å². The van der Waals surface area contributed by atoms with Crippen LogP contribution in [0.15, 0.2) is 46.9 Å². The lowest BCUT2D eigenvalue weighted by Gasteiger charge is -2.09. The van der Waals surface area contributed by atoms with Gasteiger partial charge in [-0.05, 0) is 65.7 Å². The molecule has 2 aromatic carbocycles. The van der Waals surface area contributed by atoms with Crippen LogP contribution in [0.5, 0.6) is 0 Å². The Morgan fingerprint density at radius 1 is 1.07 bits per heavy atom. The summed E-state index contributed by atoms with van der Waals surface area (Å²) in [6.45, 7) is 3.23. The van der Waals surface area contributed by atoms with Crippen molar-refractivity contribution < 1.29 is 19.1 Å². The highest BCUT2D eigenvalue weighted by atomic mass is 79.9. The molecule has 3 aromatic rings. The van der Waals surface area contributed by atoms with E-state index in [2.05, 4.69) is 31.5 Å². The van der Waals surface area contributed by atoms with Crippen LogP contribution in [-0.2, 0) is 14.3 Å². The lowest BCUT2D eigenvalue weighted by atomic mass is 10.1. The number of aromatic nitrogens is 1. The number of anilines is 1. The lowest BCUT2D eigenvalue weighted by Crippen LogP contribution is -2.35. The molecule has 29 heavy (non-hydrogen) atoms. The van der Waals surface area contributed by atoms with Gasteiger partial charge in [-0.15, -0.1) is 0 Å². The molecule has 3 rings (SSSR count). The Hall–Kier alpha value is -3.13. The van der Waals surface area contributed by atoms with Crippen LogP contribution in [0.3, 0.4) is 0 Å². The Bertz CT molecular complexity index is 1090. The maximum atomic E-state index is 12.2. The van der Waals surface area contributed by atoms with Crippen LogP contribution in [0.4, 0.5) is 5.69 Å². The average molecular weight is 458 g/mol. The van der Waals surface area contributed by atoms with E-state index in [4.69, 9.17) is 4.74 Å². The number of amides is 2. The normalized spacial score (nSPS) is 10.6. The van der Waals surface area contributed by atoms with Gasteiger partial charge in [-0.25, -0.2) is 4.79 Å². The number of benzene rings is 2. The van der Waals surface area contributed by atoms with Crippen molar-refractivity contribution in [1.82, 2.24) is 10.3 Å². The minimum Gasteiger partial charge on any atom is -0.452 e. The van der Waals surface area contributed by atoms with Crippen molar-refractivity contribution in [3.8, 4) is 0 Å². The maximum absolute atomic E-state index is 12.2. The van der Waals surface area contributed by atoms with Gasteiger partial charge >= 0.3 is 5.97 Å². The first-order chi connectivity index (χ1) is 13.8. The van der Waals surface area contributed by atoms with Crippen LogP contribution in [0.1, 0.15) is 21.6 Å². The molecule has 150 valence electrons. The van der Waals surface area contributed by atoms with Crippen molar-refractivity contribution >= 4 is 50.3 Å². The average Bonchev–Trinajstić information content (AvgIpc) is 2.99. The van der Waals surface area contributed by atoms with Crippen LogP contribution < -0.4 is 10.6 Å². The quantitative estimate of drug-likeness (QED) is 0.493. The summed E-state index contributed by atoms with van der Waals surface area (Å²) < 4.78 is 5.79. The highest BCUT2D eigenvalue weighted by Crippen LogP contribution is 2.23. The van der Waals surface area contributed by atoms with Crippen molar-refractivity contribution in [2.75, 3.05) is 18.5 Å². The summed E-state index contributed by atoms with van der Waals surface area (Å²) in [5, 5.41) is 6.03. The second kappa shape index (κ2) is 8.91. The topological polar surface area (TPSA) is 100 Å². The van der Waals surface area contributed by atoms with E-state index in [9.17, 15) is 14.4 Å². The number of ether oxygens (including phenoxy) is 1. The van der Waals surface area contributed by atoms with Gasteiger partial charge in [0, 0.05) is 21.1 Å². The van der Waals surface area contributed by atoms with Crippen LogP contribution in [0.25, 0.3) is 10.9 Å². The number of hydrogen-bond acceptors (Lipinski definition) is 4. The summed E-state index contributed by atoms with van der Waals surface area (Å²) in [6, 6.07) is 12.3. The van der Waals surface area contributed by atoms with Crippen molar-refractivity contribution in [3.63, 3.8) is 0 Å². The third kappa shape index (κ3) is 5.03. The first-order valence-electron chi connectivity index (χ1n) is 8.92. The van der Waals surface area contributed by atoms with Gasteiger partial charge in [-0.1, -0.05) is 12.1 Å². The van der Waals surface area contributed by atoms with Gasteiger partial charge in [0.15, 0.2) is 6.61 Å². The van der Waals surface area contributed by atoms with Gasteiger partial charge < -0.3 is 20.4 Å². The molecule has 0 spiro atoms. The number of H-pyrrole nitrogens is 1. The highest BCUT2D eigenvalue weighted by Gasteiger charge is 2.14. The maximum Gasteiger partial charge on any atom is 0.338 e. The first kappa shape index (κ1) is 20.6. The molecule has 3 N–H and O–H groups in total. The third-order valence-electron chi connectivity index (χ3n) is 4.47. The largest absolute Gasteiger partial charge is 0.452 e. The molecule has 0 unspecified atom stereocenters. The number of aryl methyl sites for hydroxylation is 2. The van der Waals surface area contributed by atoms with Gasteiger partial charge in [-0.2, -0.15) is 0 Å². The molecule has 1 aromatic heterocycles. The molecule has 8 heteroatoms. The minimum atomic E-state index is -0.599. The van der Waals surface area contributed by atoms with E-state index < -0.39 is 18.5 Å². The summed E-state index contributed by atoms with van der Waals surface area (Å²) in [4.78, 5) is 39.3. The van der Waals surface area contributed by atoms with E-state index in [0.29, 0.717) is 11.3 Å². The number of carbonyl (C=O) groups excluding carboxylic acids is 3. The third-order valence-corrected chi connectivity index (χ3v) is 5.16. The zero-order valence-electron chi connectivity index (χ0n) is 16.0. The highest BCUT2D eigenvalue weighted by molar-refractivity contribution is 9.10. The zero-order chi connectivity index (χ0) is 21.0. The number of para-hydroxylation sites is 1. The molecule has 0 saturated heterocycles. The predicted molar refractivity (Wildman–Crippen MR) is 114 cm³/mol. The minimum absolute atomic E-state index is 0.231. The van der Waals surface area contributed by atoms with Crippen LogP contribution in [0.2, 0.25) is 0 Å². The Morgan fingerprint density at radius 3 is 2.59 bits per heavy atom. The molecule has 1 heterocycles. The number of esters is 1. The second-order valence-electron chi connectivity index (χ2n) is 6.52. The van der Waals surface area contributed by atoms with Gasteiger partial charge in [0.05, 0.1) is 17.8 Å². The number of halogens is 1. The Balaban J connectivity index is 1.49. The Labute approximate surface area is 175 Å². The summed E-state index contributed by atoms with van der Waals surface area (Å²) in [5.74, 6) is -1.55. The van der Waals surface area contributed by atoms with Gasteiger partial charge in [0.1, 0.15) is 0 Å². The molecule has 0 bridgehead atoms. The van der Waals surface area contributed by atoms with Crippen molar-refractivity contribution in [2.45, 2.75) is 13.8 Å². The zero-order valence-corrected chi connectivity index (χ0v) is 17.6. The molecule has 0 atom stereocenters. The number of nitrogens with one attached hydrogen (secondary N) is 3. The van der Waals surface area contributed by atoms with Gasteiger partial charge in [0.25, 0.3) is 5.91 Å². The van der Waals surface area contributed by atoms with Crippen LogP contribution >= 0.6 is 15.9 Å². The summed E-state index contributed by atoms with van der Waals surface area (Å²) >= 11 is 3.33. The SMILES string of the molecule is Cc1[nH]c2ccc(C(=O)OCC(=O)NCC(=O)Nc3ccccc3Br)cc2c1C. The smallest absolute Gasteiger partial charge is 0.338 e. The fourth-order valence-corrected chi connectivity index (χ4v) is 3.17. The molecule has 2 amide bonds. The number of aromatic amines is 1. The Morgan fingerprint density at radius 2 is 1.83 bits per heavy atom. The number of hydrogen-bond donors (Lipinski definition) is 3. The number of carbonyl (C=O) groups is 3. The second-order valence-corrected chi connectivity index (χ2v) is 7.37. The molecular formula is C21H20BrN3O4. The molecule has 0 aliphatic heterocycles. The molecule has 0 aliphatic carbocycles. The van der Waals surface area contributed by atoms with E-state index in [1.54, 1.807) is 36.4 Å². The van der Waals surface area contributed by atoms with Crippen LogP contribution in [0, 0.1) is 13.8 Å². The number of rotatable bonds is 6. The summed E-state index contributed by atoms with van der Waals surface area (Å²) in [6.07, 6.45) is 0. The molecule has 0 fully saturated rings. The molecule has 0 saturated carbocycles. The van der Waals surface area contributed by atoms with E-state index in [-0.39, 0.29) is 12.5 Å². The van der Waals surface area contributed by atoms with Gasteiger partial charge in [0.2, 0.25) is 5.91 Å². The molecule has 7 nitrogen and oxygen atoms in total. The lowest BCUT2D eigenvalue weighted by molar-refractivity contribution is -0.126. The van der Waals surface area contributed by atoms with Crippen molar-refractivity contribution in [3.05, 3.63) is 63.8 Å². The van der Waals surface area contributed by atoms with Gasteiger partial charge in [-0.3, -0.25) is 9.59 Å². The monoisotopic (exact) mass is 457 g/mol. The number of fused-ring (bicyclic) bond motifs is 1. The summed E-state index contributed by atoms with van der Waals surface area (Å²) in [5.41, 5.74) is 3.99. The fraction of sp³-hybridized carbons (Fsp3) is 0.190. The standard InChI is InChI=1S/C21H20BrN3O4/c1-12-13(2)24-17-8-7-14(9-15(12)17)21(28)29-11-20(27)23-10-19(26)25-18-6-4-3-5-16(18)22/h3-9,24H,10-11H2,1-2H3,(H,23,27)(H,25,26). The summed E-state index contributed by atoms with van der Waals surface area (Å²) in [7, 11) is 0. The fourth-order valence-electron chi connectivity index (χ4n) is 2.79.